The number of amides is 2. The van der Waals surface area contributed by atoms with Gasteiger partial charge in [-0.25, -0.2) is 4.79 Å². The fourth-order valence-corrected chi connectivity index (χ4v) is 4.70. The highest BCUT2D eigenvalue weighted by Gasteiger charge is 2.33. The molecule has 33 heavy (non-hydrogen) atoms. The van der Waals surface area contributed by atoms with E-state index < -0.39 is 18.1 Å². The number of aliphatic carboxylic acids is 1. The van der Waals surface area contributed by atoms with Gasteiger partial charge < -0.3 is 20.5 Å². The summed E-state index contributed by atoms with van der Waals surface area (Å²) in [5.41, 5.74) is 4.54. The molecule has 0 bridgehead atoms. The number of carbonyl (C=O) groups excluding carboxylic acids is 2. The van der Waals surface area contributed by atoms with Crippen molar-refractivity contribution in [3.63, 3.8) is 0 Å². The first-order chi connectivity index (χ1) is 15.9. The Morgan fingerprint density at radius 3 is 2.21 bits per heavy atom. The monoisotopic (exact) mass is 450 g/mol. The first-order valence-electron chi connectivity index (χ1n) is 11.5. The predicted octanol–water partition coefficient (Wildman–Crippen LogP) is 4.06. The van der Waals surface area contributed by atoms with Gasteiger partial charge in [0.15, 0.2) is 0 Å². The minimum absolute atomic E-state index is 0.00206. The van der Waals surface area contributed by atoms with E-state index in [0.29, 0.717) is 6.54 Å². The number of carboxylic acid groups (broad SMARTS) is 1. The summed E-state index contributed by atoms with van der Waals surface area (Å²) in [6, 6.07) is 15.1. The molecule has 7 nitrogen and oxygen atoms in total. The van der Waals surface area contributed by atoms with Gasteiger partial charge >= 0.3 is 12.1 Å². The maximum absolute atomic E-state index is 12.7. The van der Waals surface area contributed by atoms with Crippen LogP contribution in [0.4, 0.5) is 4.79 Å². The average Bonchev–Trinajstić information content (AvgIpc) is 3.11. The molecule has 0 saturated heterocycles. The SMILES string of the molecule is CC1(CNC(=O)C(CCC(=O)O)NC(=O)OCC2c3ccccc3-c3ccccc32)CCC1. The van der Waals surface area contributed by atoms with Crippen molar-refractivity contribution in [3.05, 3.63) is 59.7 Å². The molecule has 2 amide bonds. The second kappa shape index (κ2) is 9.65. The Labute approximate surface area is 193 Å². The Bertz CT molecular complexity index is 1000. The molecule has 0 heterocycles. The summed E-state index contributed by atoms with van der Waals surface area (Å²) < 4.78 is 5.53. The standard InChI is InChI=1S/C26H30N2O5/c1-26(13-6-14-26)16-27-24(31)22(11-12-23(29)30)28-25(32)33-15-21-19-9-4-2-7-17(19)18-8-3-5-10-20(18)21/h2-5,7-10,21-22H,6,11-16H2,1H3,(H,27,31)(H,28,32)(H,29,30). The van der Waals surface area contributed by atoms with E-state index in [1.165, 1.54) is 0 Å². The molecule has 0 radical (unpaired) electrons. The molecule has 7 heteroatoms. The number of carbonyl (C=O) groups is 3. The molecular formula is C26H30N2O5. The molecule has 2 aromatic carbocycles. The molecule has 1 unspecified atom stereocenters. The number of carboxylic acids is 1. The smallest absolute Gasteiger partial charge is 0.407 e. The minimum atomic E-state index is -1.02. The van der Waals surface area contributed by atoms with Crippen LogP contribution in [0.1, 0.15) is 56.1 Å². The molecule has 1 atom stereocenters. The largest absolute Gasteiger partial charge is 0.481 e. The number of hydrogen-bond donors (Lipinski definition) is 3. The zero-order valence-corrected chi connectivity index (χ0v) is 18.8. The van der Waals surface area contributed by atoms with Crippen molar-refractivity contribution >= 4 is 18.0 Å². The Kier molecular flexibility index (Phi) is 6.67. The second-order valence-corrected chi connectivity index (χ2v) is 9.34. The average molecular weight is 451 g/mol. The summed E-state index contributed by atoms with van der Waals surface area (Å²) >= 11 is 0. The van der Waals surface area contributed by atoms with Crippen LogP contribution in [-0.4, -0.2) is 42.3 Å². The lowest BCUT2D eigenvalue weighted by molar-refractivity contribution is -0.137. The number of rotatable bonds is 9. The molecule has 174 valence electrons. The van der Waals surface area contributed by atoms with Crippen LogP contribution in [-0.2, 0) is 14.3 Å². The third-order valence-corrected chi connectivity index (χ3v) is 6.85. The van der Waals surface area contributed by atoms with E-state index in [1.54, 1.807) is 0 Å². The van der Waals surface area contributed by atoms with Gasteiger partial charge in [0.05, 0.1) is 0 Å². The number of alkyl carbamates (subject to hydrolysis) is 1. The van der Waals surface area contributed by atoms with Gasteiger partial charge in [0.1, 0.15) is 12.6 Å². The zero-order chi connectivity index (χ0) is 23.4. The summed E-state index contributed by atoms with van der Waals surface area (Å²) in [6.07, 6.45) is 2.30. The van der Waals surface area contributed by atoms with E-state index in [9.17, 15) is 14.4 Å². The van der Waals surface area contributed by atoms with Crippen molar-refractivity contribution in [2.45, 2.75) is 51.0 Å². The fourth-order valence-electron chi connectivity index (χ4n) is 4.70. The van der Waals surface area contributed by atoms with Crippen molar-refractivity contribution in [3.8, 4) is 11.1 Å². The van der Waals surface area contributed by atoms with Crippen molar-refractivity contribution < 1.29 is 24.2 Å². The molecular weight excluding hydrogens is 420 g/mol. The normalized spacial score (nSPS) is 16.6. The van der Waals surface area contributed by atoms with Crippen LogP contribution in [0.2, 0.25) is 0 Å². The van der Waals surface area contributed by atoms with Gasteiger partial charge in [-0.1, -0.05) is 61.9 Å². The Balaban J connectivity index is 1.38. The predicted molar refractivity (Wildman–Crippen MR) is 124 cm³/mol. The van der Waals surface area contributed by atoms with Gasteiger partial charge in [0.2, 0.25) is 5.91 Å². The first-order valence-corrected chi connectivity index (χ1v) is 11.5. The lowest BCUT2D eigenvalue weighted by atomic mass is 9.70. The third-order valence-electron chi connectivity index (χ3n) is 6.85. The highest BCUT2D eigenvalue weighted by molar-refractivity contribution is 5.86. The lowest BCUT2D eigenvalue weighted by Gasteiger charge is -2.38. The van der Waals surface area contributed by atoms with E-state index in [2.05, 4.69) is 29.7 Å². The van der Waals surface area contributed by atoms with Crippen LogP contribution in [0.15, 0.2) is 48.5 Å². The molecule has 3 N–H and O–H groups in total. The quantitative estimate of drug-likeness (QED) is 0.534. The molecule has 2 aliphatic rings. The summed E-state index contributed by atoms with van der Waals surface area (Å²) in [5.74, 6) is -1.49. The van der Waals surface area contributed by atoms with Gasteiger partial charge in [0, 0.05) is 18.9 Å². The van der Waals surface area contributed by atoms with Crippen LogP contribution in [0.3, 0.4) is 0 Å². The van der Waals surface area contributed by atoms with Gasteiger partial charge in [0.25, 0.3) is 0 Å². The Morgan fingerprint density at radius 2 is 1.67 bits per heavy atom. The van der Waals surface area contributed by atoms with Crippen molar-refractivity contribution in [1.82, 2.24) is 10.6 Å². The minimum Gasteiger partial charge on any atom is -0.481 e. The number of benzene rings is 2. The summed E-state index contributed by atoms with van der Waals surface area (Å²) in [5, 5.41) is 14.5. The Hall–Kier alpha value is -3.35. The van der Waals surface area contributed by atoms with Crippen molar-refractivity contribution in [2.75, 3.05) is 13.2 Å². The number of ether oxygens (including phenoxy) is 1. The number of fused-ring (bicyclic) bond motifs is 3. The van der Waals surface area contributed by atoms with Crippen LogP contribution < -0.4 is 10.6 Å². The number of hydrogen-bond acceptors (Lipinski definition) is 4. The van der Waals surface area contributed by atoms with Crippen LogP contribution in [0.5, 0.6) is 0 Å². The van der Waals surface area contributed by atoms with Gasteiger partial charge in [-0.3, -0.25) is 9.59 Å². The van der Waals surface area contributed by atoms with E-state index >= 15 is 0 Å². The maximum Gasteiger partial charge on any atom is 0.407 e. The van der Waals surface area contributed by atoms with Crippen molar-refractivity contribution in [2.24, 2.45) is 5.41 Å². The highest BCUT2D eigenvalue weighted by atomic mass is 16.5. The van der Waals surface area contributed by atoms with E-state index in [4.69, 9.17) is 9.84 Å². The molecule has 0 aliphatic heterocycles. The maximum atomic E-state index is 12.7. The van der Waals surface area contributed by atoms with Crippen LogP contribution in [0.25, 0.3) is 11.1 Å². The van der Waals surface area contributed by atoms with E-state index in [0.717, 1.165) is 41.5 Å². The third kappa shape index (κ3) is 5.18. The Morgan fingerprint density at radius 1 is 1.06 bits per heavy atom. The van der Waals surface area contributed by atoms with Crippen molar-refractivity contribution in [1.29, 1.82) is 0 Å². The molecule has 4 rings (SSSR count). The number of nitrogens with one attached hydrogen (secondary N) is 2. The highest BCUT2D eigenvalue weighted by Crippen LogP contribution is 2.44. The molecule has 2 aromatic rings. The van der Waals surface area contributed by atoms with E-state index in [-0.39, 0.29) is 36.7 Å². The summed E-state index contributed by atoms with van der Waals surface area (Å²) in [4.78, 5) is 36.3. The summed E-state index contributed by atoms with van der Waals surface area (Å²) in [6.45, 7) is 2.76. The lowest BCUT2D eigenvalue weighted by Crippen LogP contribution is -2.50. The molecule has 2 aliphatic carbocycles. The fraction of sp³-hybridized carbons (Fsp3) is 0.423. The van der Waals surface area contributed by atoms with Gasteiger partial charge in [-0.05, 0) is 46.9 Å². The molecule has 1 saturated carbocycles. The second-order valence-electron chi connectivity index (χ2n) is 9.34. The van der Waals surface area contributed by atoms with Gasteiger partial charge in [-0.15, -0.1) is 0 Å². The van der Waals surface area contributed by atoms with E-state index in [1.807, 2.05) is 36.4 Å². The molecule has 1 fully saturated rings. The first kappa shape index (κ1) is 22.8. The molecule has 0 spiro atoms. The zero-order valence-electron chi connectivity index (χ0n) is 18.8. The summed E-state index contributed by atoms with van der Waals surface area (Å²) in [7, 11) is 0. The topological polar surface area (TPSA) is 105 Å². The van der Waals surface area contributed by atoms with Crippen LogP contribution in [0, 0.1) is 5.41 Å². The molecule has 0 aromatic heterocycles. The van der Waals surface area contributed by atoms with Gasteiger partial charge in [-0.2, -0.15) is 0 Å². The van der Waals surface area contributed by atoms with Crippen LogP contribution >= 0.6 is 0 Å².